The van der Waals surface area contributed by atoms with Crippen molar-refractivity contribution in [2.24, 2.45) is 5.41 Å². The highest BCUT2D eigenvalue weighted by Gasteiger charge is 2.37. The molecule has 2 aromatic heterocycles. The number of nitrogens with one attached hydrogen (secondary N) is 1. The topological polar surface area (TPSA) is 84.9 Å². The summed E-state index contributed by atoms with van der Waals surface area (Å²) in [5.74, 6) is 2.29. The van der Waals surface area contributed by atoms with Crippen LogP contribution in [0.15, 0.2) is 21.0 Å². The molecule has 0 bridgehead atoms. The Morgan fingerprint density at radius 2 is 1.90 bits per heavy atom. The van der Waals surface area contributed by atoms with Crippen LogP contribution in [0.25, 0.3) is 0 Å². The van der Waals surface area contributed by atoms with Crippen LogP contribution in [0, 0.1) is 19.3 Å². The number of hydrogen-bond donors (Lipinski definition) is 1. The average Bonchev–Trinajstić information content (AvgIpc) is 3.25. The number of nitrogens with zero attached hydrogens (tertiary/aromatic N) is 1. The van der Waals surface area contributed by atoms with Crippen molar-refractivity contribution in [2.75, 3.05) is 32.8 Å². The van der Waals surface area contributed by atoms with Crippen LogP contribution < -0.4 is 5.32 Å². The van der Waals surface area contributed by atoms with Crippen molar-refractivity contribution >= 4 is 11.7 Å². The third-order valence-corrected chi connectivity index (χ3v) is 6.01. The monoisotopic (exact) mass is 414 g/mol. The molecule has 1 aliphatic carbocycles. The van der Waals surface area contributed by atoms with Crippen molar-refractivity contribution in [3.05, 3.63) is 46.3 Å². The summed E-state index contributed by atoms with van der Waals surface area (Å²) >= 11 is 0. The minimum atomic E-state index is -0.297. The van der Waals surface area contributed by atoms with E-state index in [4.69, 9.17) is 13.6 Å². The molecule has 30 heavy (non-hydrogen) atoms. The van der Waals surface area contributed by atoms with Gasteiger partial charge in [-0.05, 0) is 31.4 Å². The standard InChI is InChI=1S/C23H30N2O5/c1-14-5-6-18(29-14)16(25-7-9-28-10-8-25)13-24-22(27)21-15(2)20-17(26)11-23(3,4)12-19(20)30-21/h5-6,16H,7-13H2,1-4H3,(H,24,27). The number of hydrogen-bond acceptors (Lipinski definition) is 6. The van der Waals surface area contributed by atoms with E-state index in [1.54, 1.807) is 6.92 Å². The summed E-state index contributed by atoms with van der Waals surface area (Å²) < 4.78 is 17.2. The highest BCUT2D eigenvalue weighted by molar-refractivity contribution is 6.03. The van der Waals surface area contributed by atoms with Crippen molar-refractivity contribution in [1.82, 2.24) is 10.2 Å². The number of aryl methyl sites for hydroxylation is 1. The molecule has 1 N–H and O–H groups in total. The van der Waals surface area contributed by atoms with Crippen LogP contribution in [-0.4, -0.2) is 49.4 Å². The van der Waals surface area contributed by atoms with Crippen LogP contribution in [-0.2, 0) is 11.2 Å². The summed E-state index contributed by atoms with van der Waals surface area (Å²) in [6, 6.07) is 3.80. The lowest BCUT2D eigenvalue weighted by atomic mass is 9.76. The molecule has 1 unspecified atom stereocenters. The number of furan rings is 2. The number of carbonyl (C=O) groups excluding carboxylic acids is 2. The van der Waals surface area contributed by atoms with Gasteiger partial charge in [-0.1, -0.05) is 13.8 Å². The normalized spacial score (nSPS) is 20.1. The van der Waals surface area contributed by atoms with Crippen LogP contribution in [0.2, 0.25) is 0 Å². The molecule has 0 radical (unpaired) electrons. The van der Waals surface area contributed by atoms with Crippen LogP contribution in [0.4, 0.5) is 0 Å². The van der Waals surface area contributed by atoms with Gasteiger partial charge in [-0.25, -0.2) is 0 Å². The summed E-state index contributed by atoms with van der Waals surface area (Å²) in [5.41, 5.74) is 1.08. The Balaban J connectivity index is 1.52. The first-order valence-corrected chi connectivity index (χ1v) is 10.6. The second kappa shape index (κ2) is 8.04. The van der Waals surface area contributed by atoms with Gasteiger partial charge in [0.05, 0.1) is 24.8 Å². The summed E-state index contributed by atoms with van der Waals surface area (Å²) in [4.78, 5) is 27.8. The van der Waals surface area contributed by atoms with E-state index in [0.29, 0.717) is 49.5 Å². The Bertz CT molecular complexity index is 949. The van der Waals surface area contributed by atoms with Crippen molar-refractivity contribution in [1.29, 1.82) is 0 Å². The van der Waals surface area contributed by atoms with Crippen LogP contribution in [0.1, 0.15) is 70.1 Å². The van der Waals surface area contributed by atoms with E-state index in [9.17, 15) is 9.59 Å². The van der Waals surface area contributed by atoms with Crippen molar-refractivity contribution in [2.45, 2.75) is 46.6 Å². The van der Waals surface area contributed by atoms with Gasteiger partial charge in [0.15, 0.2) is 11.5 Å². The van der Waals surface area contributed by atoms with Crippen molar-refractivity contribution in [3.8, 4) is 0 Å². The predicted molar refractivity (Wildman–Crippen MR) is 111 cm³/mol. The summed E-state index contributed by atoms with van der Waals surface area (Å²) in [5, 5.41) is 3.00. The second-order valence-electron chi connectivity index (χ2n) is 9.12. The maximum absolute atomic E-state index is 13.0. The van der Waals surface area contributed by atoms with E-state index in [0.717, 1.165) is 24.6 Å². The molecule has 3 heterocycles. The predicted octanol–water partition coefficient (Wildman–Crippen LogP) is 3.45. The number of ether oxygens (including phenoxy) is 1. The first-order chi connectivity index (χ1) is 14.2. The SMILES string of the molecule is Cc1ccc(C(CNC(=O)c2oc3c(c2C)C(=O)CC(C)(C)C3)N2CCOCC2)o1. The van der Waals surface area contributed by atoms with E-state index in [2.05, 4.69) is 10.2 Å². The molecule has 7 nitrogen and oxygen atoms in total. The highest BCUT2D eigenvalue weighted by atomic mass is 16.5. The van der Waals surface area contributed by atoms with Gasteiger partial charge in [0, 0.05) is 38.0 Å². The molecule has 1 fully saturated rings. The van der Waals surface area contributed by atoms with Crippen molar-refractivity contribution in [3.63, 3.8) is 0 Å². The molecular weight excluding hydrogens is 384 g/mol. The molecule has 0 aromatic carbocycles. The maximum atomic E-state index is 13.0. The molecule has 1 atom stereocenters. The Morgan fingerprint density at radius 3 is 2.57 bits per heavy atom. The Hall–Kier alpha value is -2.38. The van der Waals surface area contributed by atoms with Gasteiger partial charge in [-0.2, -0.15) is 0 Å². The molecule has 2 aliphatic rings. The zero-order valence-corrected chi connectivity index (χ0v) is 18.2. The molecule has 0 spiro atoms. The van der Waals surface area contributed by atoms with Crippen LogP contribution in [0.5, 0.6) is 0 Å². The van der Waals surface area contributed by atoms with Gasteiger partial charge in [0.2, 0.25) is 0 Å². The second-order valence-corrected chi connectivity index (χ2v) is 9.12. The Labute approximate surface area is 176 Å². The Morgan fingerprint density at radius 1 is 1.17 bits per heavy atom. The summed E-state index contributed by atoms with van der Waals surface area (Å²) in [6.45, 7) is 11.0. The van der Waals surface area contributed by atoms with Gasteiger partial charge < -0.3 is 18.9 Å². The van der Waals surface area contributed by atoms with E-state index in [1.807, 2.05) is 32.9 Å². The first-order valence-electron chi connectivity index (χ1n) is 10.6. The lowest BCUT2D eigenvalue weighted by molar-refractivity contribution is 0.0116. The highest BCUT2D eigenvalue weighted by Crippen LogP contribution is 2.38. The average molecular weight is 415 g/mol. The lowest BCUT2D eigenvalue weighted by Crippen LogP contribution is -2.43. The lowest BCUT2D eigenvalue weighted by Gasteiger charge is -2.33. The minimum absolute atomic E-state index is 0.0544. The maximum Gasteiger partial charge on any atom is 0.287 e. The number of carbonyl (C=O) groups is 2. The van der Waals surface area contributed by atoms with E-state index < -0.39 is 0 Å². The van der Waals surface area contributed by atoms with E-state index in [-0.39, 0.29) is 28.9 Å². The molecule has 1 aliphatic heterocycles. The zero-order valence-electron chi connectivity index (χ0n) is 18.2. The number of morpholine rings is 1. The number of ketones is 1. The largest absolute Gasteiger partial charge is 0.465 e. The van der Waals surface area contributed by atoms with E-state index >= 15 is 0 Å². The van der Waals surface area contributed by atoms with Crippen molar-refractivity contribution < 1.29 is 23.2 Å². The van der Waals surface area contributed by atoms with Gasteiger partial charge in [0.25, 0.3) is 5.91 Å². The molecule has 1 amide bonds. The zero-order chi connectivity index (χ0) is 21.5. The summed E-state index contributed by atoms with van der Waals surface area (Å²) in [6.07, 6.45) is 1.13. The fraction of sp³-hybridized carbons (Fsp3) is 0.565. The van der Waals surface area contributed by atoms with Gasteiger partial charge >= 0.3 is 0 Å². The number of rotatable bonds is 5. The number of fused-ring (bicyclic) bond motifs is 1. The molecule has 7 heteroatoms. The smallest absolute Gasteiger partial charge is 0.287 e. The number of Topliss-reactive ketones (excluding diaryl/α,β-unsaturated/α-hetero) is 1. The molecule has 1 saturated heterocycles. The third-order valence-electron chi connectivity index (χ3n) is 6.01. The molecular formula is C23H30N2O5. The molecule has 0 saturated carbocycles. The van der Waals surface area contributed by atoms with E-state index in [1.165, 1.54) is 0 Å². The fourth-order valence-corrected chi connectivity index (χ4v) is 4.50. The number of amides is 1. The van der Waals surface area contributed by atoms with Gasteiger partial charge in [0.1, 0.15) is 17.3 Å². The minimum Gasteiger partial charge on any atom is -0.465 e. The molecule has 2 aromatic rings. The van der Waals surface area contributed by atoms with Crippen LogP contribution >= 0.6 is 0 Å². The van der Waals surface area contributed by atoms with Gasteiger partial charge in [-0.3, -0.25) is 14.5 Å². The summed E-state index contributed by atoms with van der Waals surface area (Å²) in [7, 11) is 0. The molecule has 162 valence electrons. The Kier molecular flexibility index (Phi) is 5.59. The molecule has 4 rings (SSSR count). The fourth-order valence-electron chi connectivity index (χ4n) is 4.50. The van der Waals surface area contributed by atoms with Gasteiger partial charge in [-0.15, -0.1) is 0 Å². The first kappa shape index (κ1) is 20.9. The van der Waals surface area contributed by atoms with Crippen LogP contribution in [0.3, 0.4) is 0 Å². The third kappa shape index (κ3) is 4.09. The quantitative estimate of drug-likeness (QED) is 0.807.